The summed E-state index contributed by atoms with van der Waals surface area (Å²) >= 11 is 0. The molecule has 5 rings (SSSR count). The minimum absolute atomic E-state index is 1.09. The van der Waals surface area contributed by atoms with Gasteiger partial charge in [-0.05, 0) is 56.9 Å². The lowest BCUT2D eigenvalue weighted by molar-refractivity contribution is 1.50. The van der Waals surface area contributed by atoms with Crippen LogP contribution in [0.5, 0.6) is 0 Å². The van der Waals surface area contributed by atoms with Crippen LogP contribution in [0.3, 0.4) is 0 Å². The van der Waals surface area contributed by atoms with E-state index in [1.165, 1.54) is 32.7 Å². The third-order valence-electron chi connectivity index (χ3n) is 5.02. The molecule has 29 heavy (non-hydrogen) atoms. The number of fused-ring (bicyclic) bond motifs is 2. The quantitative estimate of drug-likeness (QED) is 0.333. The topological polar surface area (TPSA) is 12.0 Å². The monoisotopic (exact) mass is 375 g/mol. The molecule has 0 amide bonds. The van der Waals surface area contributed by atoms with Gasteiger partial charge in [0.25, 0.3) is 0 Å². The van der Waals surface area contributed by atoms with Gasteiger partial charge in [-0.3, -0.25) is 0 Å². The molecule has 0 fully saturated rings. The molecule has 0 heterocycles. The van der Waals surface area contributed by atoms with Crippen LogP contribution >= 0.6 is 0 Å². The van der Waals surface area contributed by atoms with E-state index >= 15 is 0 Å². The van der Waals surface area contributed by atoms with Crippen LogP contribution in [0.1, 0.15) is 13.8 Å². The second-order valence-electron chi connectivity index (χ2n) is 6.79. The maximum atomic E-state index is 3.51. The largest absolute Gasteiger partial charge is 0.356 e. The first-order valence-electron chi connectivity index (χ1n) is 10.2. The summed E-state index contributed by atoms with van der Waals surface area (Å²) in [6.07, 6.45) is 0. The lowest BCUT2D eigenvalue weighted by Gasteiger charge is -2.10. The molecule has 142 valence electrons. The number of hydrogen-bond acceptors (Lipinski definition) is 1. The van der Waals surface area contributed by atoms with Crippen molar-refractivity contribution in [1.29, 1.82) is 0 Å². The smallest absolute Gasteiger partial charge is 0.0390 e. The van der Waals surface area contributed by atoms with Crippen molar-refractivity contribution in [3.8, 4) is 11.1 Å². The van der Waals surface area contributed by atoms with E-state index in [2.05, 4.69) is 115 Å². The molecule has 5 aromatic carbocycles. The average Bonchev–Trinajstić information content (AvgIpc) is 2.80. The Morgan fingerprint density at radius 2 is 1.10 bits per heavy atom. The Balaban J connectivity index is 0.000000994. The van der Waals surface area contributed by atoms with E-state index in [-0.39, 0.29) is 0 Å². The molecule has 0 unspecified atom stereocenters. The van der Waals surface area contributed by atoms with Crippen LogP contribution in [-0.4, -0.2) is 0 Å². The van der Waals surface area contributed by atoms with Crippen molar-refractivity contribution in [2.24, 2.45) is 0 Å². The minimum atomic E-state index is 1.09. The Hall–Kier alpha value is -3.58. The van der Waals surface area contributed by atoms with Gasteiger partial charge in [0, 0.05) is 11.4 Å². The highest BCUT2D eigenvalue weighted by Gasteiger charge is 2.04. The van der Waals surface area contributed by atoms with Gasteiger partial charge in [-0.2, -0.15) is 0 Å². The van der Waals surface area contributed by atoms with Crippen LogP contribution in [0.15, 0.2) is 109 Å². The second-order valence-corrected chi connectivity index (χ2v) is 6.79. The van der Waals surface area contributed by atoms with Crippen molar-refractivity contribution in [3.05, 3.63) is 109 Å². The fourth-order valence-electron chi connectivity index (χ4n) is 3.64. The average molecular weight is 376 g/mol. The molecule has 1 N–H and O–H groups in total. The number of benzene rings is 5. The van der Waals surface area contributed by atoms with Gasteiger partial charge in [-0.25, -0.2) is 0 Å². The van der Waals surface area contributed by atoms with E-state index in [0.29, 0.717) is 0 Å². The Bertz CT molecular complexity index is 1230. The van der Waals surface area contributed by atoms with Crippen LogP contribution in [-0.2, 0) is 0 Å². The summed E-state index contributed by atoms with van der Waals surface area (Å²) in [6, 6.07) is 38.6. The van der Waals surface area contributed by atoms with E-state index in [9.17, 15) is 0 Å². The lowest BCUT2D eigenvalue weighted by atomic mass is 9.98. The zero-order chi connectivity index (χ0) is 20.1. The van der Waals surface area contributed by atoms with Gasteiger partial charge >= 0.3 is 0 Å². The highest BCUT2D eigenvalue weighted by molar-refractivity contribution is 5.96. The van der Waals surface area contributed by atoms with Crippen LogP contribution in [0, 0.1) is 0 Å². The predicted molar refractivity (Wildman–Crippen MR) is 128 cm³/mol. The van der Waals surface area contributed by atoms with Crippen molar-refractivity contribution < 1.29 is 0 Å². The number of anilines is 2. The second kappa shape index (κ2) is 8.62. The normalized spacial score (nSPS) is 10.4. The summed E-state index contributed by atoms with van der Waals surface area (Å²) in [6.45, 7) is 4.00. The molecule has 1 heteroatoms. The maximum absolute atomic E-state index is 3.51. The number of nitrogens with one attached hydrogen (secondary N) is 1. The molecule has 0 aromatic heterocycles. The Labute approximate surface area is 172 Å². The first-order valence-corrected chi connectivity index (χ1v) is 10.2. The van der Waals surface area contributed by atoms with Crippen LogP contribution in [0.25, 0.3) is 32.7 Å². The van der Waals surface area contributed by atoms with Gasteiger partial charge in [0.15, 0.2) is 0 Å². The molecule has 5 aromatic rings. The van der Waals surface area contributed by atoms with Crippen molar-refractivity contribution in [3.63, 3.8) is 0 Å². The summed E-state index contributed by atoms with van der Waals surface area (Å²) in [7, 11) is 0. The molecule has 0 spiro atoms. The van der Waals surface area contributed by atoms with E-state index in [1.807, 2.05) is 13.8 Å². The van der Waals surface area contributed by atoms with Crippen LogP contribution < -0.4 is 5.32 Å². The third kappa shape index (κ3) is 4.00. The predicted octanol–water partition coefficient (Wildman–Crippen LogP) is 8.43. The highest BCUT2D eigenvalue weighted by Crippen LogP contribution is 2.30. The lowest BCUT2D eigenvalue weighted by Crippen LogP contribution is -1.90. The molecule has 0 aliphatic carbocycles. The first kappa shape index (κ1) is 18.8. The van der Waals surface area contributed by atoms with Crippen LogP contribution in [0.4, 0.5) is 11.4 Å². The Morgan fingerprint density at radius 3 is 1.90 bits per heavy atom. The third-order valence-corrected chi connectivity index (χ3v) is 5.02. The van der Waals surface area contributed by atoms with Crippen molar-refractivity contribution in [2.45, 2.75) is 13.8 Å². The summed E-state index contributed by atoms with van der Waals surface area (Å²) < 4.78 is 0. The van der Waals surface area contributed by atoms with Crippen molar-refractivity contribution in [2.75, 3.05) is 5.32 Å². The first-order chi connectivity index (χ1) is 14.4. The Morgan fingerprint density at radius 1 is 0.483 bits per heavy atom. The van der Waals surface area contributed by atoms with Crippen LogP contribution in [0.2, 0.25) is 0 Å². The van der Waals surface area contributed by atoms with Crippen molar-refractivity contribution in [1.82, 2.24) is 0 Å². The fourth-order valence-corrected chi connectivity index (χ4v) is 3.64. The van der Waals surface area contributed by atoms with Gasteiger partial charge in [0.05, 0.1) is 0 Å². The van der Waals surface area contributed by atoms with Gasteiger partial charge in [-0.15, -0.1) is 0 Å². The molecule has 0 saturated heterocycles. The van der Waals surface area contributed by atoms with E-state index in [0.717, 1.165) is 11.4 Å². The summed E-state index contributed by atoms with van der Waals surface area (Å²) in [5.41, 5.74) is 4.70. The Kier molecular flexibility index (Phi) is 5.58. The van der Waals surface area contributed by atoms with Gasteiger partial charge in [0.2, 0.25) is 0 Å². The SMILES string of the molecule is CC.c1ccc2cc(Nc3ccc(-c4cccc5ccccc45)cc3)ccc2c1. The molecule has 0 saturated carbocycles. The van der Waals surface area contributed by atoms with E-state index in [1.54, 1.807) is 0 Å². The van der Waals surface area contributed by atoms with Gasteiger partial charge in [0.1, 0.15) is 0 Å². The molecule has 1 nitrogen and oxygen atoms in total. The van der Waals surface area contributed by atoms with Gasteiger partial charge < -0.3 is 5.32 Å². The minimum Gasteiger partial charge on any atom is -0.356 e. The molecular formula is C28H25N. The maximum Gasteiger partial charge on any atom is 0.0390 e. The fraction of sp³-hybridized carbons (Fsp3) is 0.0714. The molecule has 0 bridgehead atoms. The summed E-state index contributed by atoms with van der Waals surface area (Å²) in [5.74, 6) is 0. The standard InChI is InChI=1S/C26H19N.C2H6/c1-2-8-22-18-24(17-12-19(22)6-1)27-23-15-13-21(14-16-23)26-11-5-9-20-7-3-4-10-25(20)26;1-2/h1-18,27H;1-2H3. The summed E-state index contributed by atoms with van der Waals surface area (Å²) in [4.78, 5) is 0. The van der Waals surface area contributed by atoms with E-state index in [4.69, 9.17) is 0 Å². The van der Waals surface area contributed by atoms with E-state index < -0.39 is 0 Å². The summed E-state index contributed by atoms with van der Waals surface area (Å²) in [5, 5.41) is 8.57. The van der Waals surface area contributed by atoms with Gasteiger partial charge in [-0.1, -0.05) is 98.8 Å². The molecule has 0 atom stereocenters. The molecular weight excluding hydrogens is 350 g/mol. The molecule has 0 aliphatic rings. The number of hydrogen-bond donors (Lipinski definition) is 1. The van der Waals surface area contributed by atoms with Crippen molar-refractivity contribution >= 4 is 32.9 Å². The number of rotatable bonds is 3. The zero-order valence-electron chi connectivity index (χ0n) is 16.9. The highest BCUT2D eigenvalue weighted by atomic mass is 14.9. The zero-order valence-corrected chi connectivity index (χ0v) is 16.9. The molecule has 0 radical (unpaired) electrons. The molecule has 0 aliphatic heterocycles.